The van der Waals surface area contributed by atoms with Crippen LogP contribution in [-0.4, -0.2) is 64.2 Å². The number of halogens is 1. The number of anilines is 1. The number of carbonyl (C=O) groups is 2. The fourth-order valence-electron chi connectivity index (χ4n) is 5.53. The van der Waals surface area contributed by atoms with Gasteiger partial charge in [0.2, 0.25) is 0 Å². The number of rotatable bonds is 7. The van der Waals surface area contributed by atoms with Gasteiger partial charge in [-0.05, 0) is 50.6 Å². The van der Waals surface area contributed by atoms with Gasteiger partial charge in [0, 0.05) is 30.9 Å². The number of aromatic nitrogens is 2. The van der Waals surface area contributed by atoms with Gasteiger partial charge in [0.25, 0.3) is 11.5 Å². The summed E-state index contributed by atoms with van der Waals surface area (Å²) in [7, 11) is 2.07. The standard InChI is InChI=1S/C28H32FN5O3/c1-18-27(36)34(28(37)33(18)15-14-32(2)20-8-4-3-5-9-20)25-17-19(12-13-23(25)29)16-24-21-10-6-7-11-22(21)26(35)31-30-24/h6-7,10-13,17-18,20H,3-5,8-9,14-16H2,1-2H3,(H,31,35). The average Bonchev–Trinajstić information content (AvgIpc) is 3.13. The normalized spacial score (nSPS) is 19.0. The number of fused-ring (bicyclic) bond motifs is 1. The van der Waals surface area contributed by atoms with Crippen LogP contribution in [-0.2, 0) is 11.2 Å². The summed E-state index contributed by atoms with van der Waals surface area (Å²) in [5.74, 6) is -1.08. The minimum atomic E-state index is -0.667. The number of nitrogens with zero attached hydrogens (tertiary/aromatic N) is 4. The van der Waals surface area contributed by atoms with Crippen LogP contribution in [0.25, 0.3) is 10.8 Å². The summed E-state index contributed by atoms with van der Waals surface area (Å²) < 4.78 is 15.0. The zero-order chi connectivity index (χ0) is 26.1. The SMILES string of the molecule is CC1C(=O)N(c2cc(Cc3n[nH]c(=O)c4ccccc34)ccc2F)C(=O)N1CCN(C)C1CCCCC1. The Morgan fingerprint density at radius 1 is 1.05 bits per heavy atom. The van der Waals surface area contributed by atoms with Crippen molar-refractivity contribution in [3.8, 4) is 0 Å². The molecule has 1 saturated carbocycles. The molecule has 1 aliphatic heterocycles. The second-order valence-electron chi connectivity index (χ2n) is 10.1. The number of urea groups is 1. The molecule has 37 heavy (non-hydrogen) atoms. The Hall–Kier alpha value is -3.59. The number of H-pyrrole nitrogens is 1. The van der Waals surface area contributed by atoms with Crippen LogP contribution >= 0.6 is 0 Å². The number of aromatic amines is 1. The van der Waals surface area contributed by atoms with E-state index in [0.717, 1.165) is 17.7 Å². The van der Waals surface area contributed by atoms with Gasteiger partial charge in [-0.25, -0.2) is 19.2 Å². The van der Waals surface area contributed by atoms with Crippen LogP contribution in [0.2, 0.25) is 0 Å². The molecule has 0 bridgehead atoms. The van der Waals surface area contributed by atoms with E-state index in [0.29, 0.717) is 47.6 Å². The first kappa shape index (κ1) is 25.1. The van der Waals surface area contributed by atoms with Crippen molar-refractivity contribution in [3.63, 3.8) is 0 Å². The molecule has 2 heterocycles. The molecule has 1 atom stereocenters. The molecule has 2 fully saturated rings. The second kappa shape index (κ2) is 10.4. The van der Waals surface area contributed by atoms with Crippen LogP contribution in [0.4, 0.5) is 14.9 Å². The molecule has 1 aromatic heterocycles. The number of benzene rings is 2. The fraction of sp³-hybridized carbons (Fsp3) is 0.429. The molecule has 8 nitrogen and oxygen atoms in total. The number of hydrogen-bond donors (Lipinski definition) is 1. The van der Waals surface area contributed by atoms with Gasteiger partial charge in [0.15, 0.2) is 0 Å². The quantitative estimate of drug-likeness (QED) is 0.489. The van der Waals surface area contributed by atoms with Crippen molar-refractivity contribution in [1.82, 2.24) is 20.0 Å². The van der Waals surface area contributed by atoms with Crippen molar-refractivity contribution >= 4 is 28.4 Å². The molecular weight excluding hydrogens is 473 g/mol. The van der Waals surface area contributed by atoms with Gasteiger partial charge in [-0.2, -0.15) is 5.10 Å². The van der Waals surface area contributed by atoms with E-state index in [-0.39, 0.29) is 11.2 Å². The van der Waals surface area contributed by atoms with Crippen LogP contribution in [0.15, 0.2) is 47.3 Å². The maximum absolute atomic E-state index is 15.0. The first-order valence-corrected chi connectivity index (χ1v) is 12.9. The van der Waals surface area contributed by atoms with Gasteiger partial charge in [0.05, 0.1) is 16.8 Å². The third-order valence-electron chi connectivity index (χ3n) is 7.77. The minimum Gasteiger partial charge on any atom is -0.311 e. The lowest BCUT2D eigenvalue weighted by Gasteiger charge is -2.32. The summed E-state index contributed by atoms with van der Waals surface area (Å²) in [5.41, 5.74) is 0.948. The van der Waals surface area contributed by atoms with E-state index in [1.807, 2.05) is 12.1 Å². The lowest BCUT2D eigenvalue weighted by molar-refractivity contribution is -0.119. The maximum atomic E-state index is 15.0. The van der Waals surface area contributed by atoms with Crippen LogP contribution in [0.1, 0.15) is 50.3 Å². The monoisotopic (exact) mass is 505 g/mol. The van der Waals surface area contributed by atoms with Crippen molar-refractivity contribution in [2.75, 3.05) is 25.0 Å². The largest absolute Gasteiger partial charge is 0.332 e. The molecule has 2 aliphatic rings. The van der Waals surface area contributed by atoms with Crippen LogP contribution in [0.5, 0.6) is 0 Å². The average molecular weight is 506 g/mol. The number of likely N-dealkylation sites (N-methyl/N-ethyl adjacent to an activating group) is 1. The van der Waals surface area contributed by atoms with E-state index in [1.54, 1.807) is 25.1 Å². The lowest BCUT2D eigenvalue weighted by atomic mass is 9.94. The van der Waals surface area contributed by atoms with Crippen molar-refractivity contribution in [2.24, 2.45) is 0 Å². The first-order valence-electron chi connectivity index (χ1n) is 12.9. The fourth-order valence-corrected chi connectivity index (χ4v) is 5.53. The van der Waals surface area contributed by atoms with E-state index in [9.17, 15) is 18.8 Å². The van der Waals surface area contributed by atoms with Crippen molar-refractivity contribution in [2.45, 2.75) is 57.5 Å². The Morgan fingerprint density at radius 3 is 2.54 bits per heavy atom. The van der Waals surface area contributed by atoms with Gasteiger partial charge < -0.3 is 9.80 Å². The van der Waals surface area contributed by atoms with Gasteiger partial charge in [-0.3, -0.25) is 9.59 Å². The number of amides is 3. The van der Waals surface area contributed by atoms with Gasteiger partial charge in [0.1, 0.15) is 11.9 Å². The highest BCUT2D eigenvalue weighted by atomic mass is 19.1. The Balaban J connectivity index is 1.36. The molecule has 1 saturated heterocycles. The summed E-state index contributed by atoms with van der Waals surface area (Å²) in [6.07, 6.45) is 6.33. The molecule has 0 spiro atoms. The molecule has 2 aromatic carbocycles. The summed E-state index contributed by atoms with van der Waals surface area (Å²) in [6, 6.07) is 10.9. The third kappa shape index (κ3) is 4.87. The van der Waals surface area contributed by atoms with Crippen molar-refractivity contribution in [1.29, 1.82) is 0 Å². The molecule has 1 N–H and O–H groups in total. The van der Waals surface area contributed by atoms with Crippen molar-refractivity contribution in [3.05, 3.63) is 69.9 Å². The topological polar surface area (TPSA) is 89.6 Å². The molecule has 1 unspecified atom stereocenters. The summed E-state index contributed by atoms with van der Waals surface area (Å²) >= 11 is 0. The Labute approximate surface area is 215 Å². The van der Waals surface area contributed by atoms with E-state index >= 15 is 0 Å². The number of hydrogen-bond acceptors (Lipinski definition) is 5. The Morgan fingerprint density at radius 2 is 1.78 bits per heavy atom. The Bertz CT molecular complexity index is 1380. The smallest absolute Gasteiger partial charge is 0.311 e. The third-order valence-corrected chi connectivity index (χ3v) is 7.77. The molecule has 5 rings (SSSR count). The minimum absolute atomic E-state index is 0.0591. The highest BCUT2D eigenvalue weighted by molar-refractivity contribution is 6.21. The van der Waals surface area contributed by atoms with Gasteiger partial charge in [-0.1, -0.05) is 43.5 Å². The van der Waals surface area contributed by atoms with Gasteiger partial charge in [-0.15, -0.1) is 0 Å². The zero-order valence-electron chi connectivity index (χ0n) is 21.2. The summed E-state index contributed by atoms with van der Waals surface area (Å²) in [5, 5.41) is 7.92. The predicted octanol–water partition coefficient (Wildman–Crippen LogP) is 4.07. The maximum Gasteiger partial charge on any atom is 0.332 e. The number of imide groups is 1. The zero-order valence-corrected chi connectivity index (χ0v) is 21.2. The van der Waals surface area contributed by atoms with Crippen LogP contribution in [0, 0.1) is 5.82 Å². The van der Waals surface area contributed by atoms with E-state index in [2.05, 4.69) is 22.1 Å². The van der Waals surface area contributed by atoms with E-state index < -0.39 is 23.8 Å². The molecule has 3 aromatic rings. The lowest BCUT2D eigenvalue weighted by Crippen LogP contribution is -2.42. The molecular formula is C28H32FN5O3. The summed E-state index contributed by atoms with van der Waals surface area (Å²) in [6.45, 7) is 2.76. The van der Waals surface area contributed by atoms with Crippen molar-refractivity contribution < 1.29 is 14.0 Å². The number of carbonyl (C=O) groups excluding carboxylic acids is 2. The van der Waals surface area contributed by atoms with Gasteiger partial charge >= 0.3 is 6.03 Å². The highest BCUT2D eigenvalue weighted by Gasteiger charge is 2.44. The van der Waals surface area contributed by atoms with E-state index in [1.165, 1.54) is 36.3 Å². The highest BCUT2D eigenvalue weighted by Crippen LogP contribution is 2.30. The predicted molar refractivity (Wildman–Crippen MR) is 140 cm³/mol. The first-order chi connectivity index (χ1) is 17.8. The second-order valence-corrected chi connectivity index (χ2v) is 10.1. The van der Waals surface area contributed by atoms with Crippen LogP contribution < -0.4 is 10.5 Å². The molecule has 0 radical (unpaired) electrons. The molecule has 1 aliphatic carbocycles. The number of nitrogens with one attached hydrogen (secondary N) is 1. The molecule has 3 amide bonds. The van der Waals surface area contributed by atoms with E-state index in [4.69, 9.17) is 0 Å². The molecule has 194 valence electrons. The molecule has 9 heteroatoms. The Kier molecular flexibility index (Phi) is 7.06. The van der Waals surface area contributed by atoms with Crippen LogP contribution in [0.3, 0.4) is 0 Å². The summed E-state index contributed by atoms with van der Waals surface area (Å²) in [4.78, 5) is 43.4.